The molecule has 2 unspecified atom stereocenters. The van der Waals surface area contributed by atoms with Crippen LogP contribution >= 0.6 is 0 Å². The number of phenols is 3. The number of piperazine rings is 1. The summed E-state index contributed by atoms with van der Waals surface area (Å²) in [6.45, 7) is 18.7. The molecule has 3 aromatic rings. The Labute approximate surface area is 392 Å². The number of nitrogens with zero attached hydrogens (tertiary/aromatic N) is 3. The van der Waals surface area contributed by atoms with E-state index >= 15 is 0 Å². The number of hydrogen-bond donors (Lipinski definition) is 6. The van der Waals surface area contributed by atoms with E-state index in [4.69, 9.17) is 24.0 Å². The monoisotopic (exact) mass is 926 g/mol. The van der Waals surface area contributed by atoms with Crippen molar-refractivity contribution in [3.05, 3.63) is 88.7 Å². The van der Waals surface area contributed by atoms with Crippen LogP contribution in [0.15, 0.2) is 71.6 Å². The summed E-state index contributed by atoms with van der Waals surface area (Å²) in [4.78, 5) is 43.4. The minimum Gasteiger partial charge on any atom is -0.507 e. The predicted octanol–water partition coefficient (Wildman–Crippen LogP) is 6.68. The lowest BCUT2D eigenvalue weighted by atomic mass is 9.78. The maximum Gasteiger partial charge on any atom is 0.312 e. The molecule has 16 nitrogen and oxygen atoms in total. The van der Waals surface area contributed by atoms with Gasteiger partial charge < -0.3 is 49.8 Å². The van der Waals surface area contributed by atoms with Gasteiger partial charge in [0.1, 0.15) is 23.4 Å². The van der Waals surface area contributed by atoms with Crippen molar-refractivity contribution in [3.63, 3.8) is 0 Å². The summed E-state index contributed by atoms with van der Waals surface area (Å²) in [5.74, 6) is -8.46. The molecule has 4 aliphatic heterocycles. The van der Waals surface area contributed by atoms with E-state index in [0.717, 1.165) is 6.54 Å². The smallest absolute Gasteiger partial charge is 0.312 e. The van der Waals surface area contributed by atoms with E-state index in [2.05, 4.69) is 22.3 Å². The average Bonchev–Trinajstić information content (AvgIpc) is 3.55. The quantitative estimate of drug-likeness (QED) is 0.0658. The van der Waals surface area contributed by atoms with Crippen LogP contribution in [0, 0.1) is 30.6 Å². The number of amides is 1. The molecule has 0 aliphatic carbocycles. The molecule has 3 aromatic carbocycles. The van der Waals surface area contributed by atoms with Crippen LogP contribution < -0.4 is 10.1 Å². The number of fused-ring (bicyclic) bond motifs is 14. The highest BCUT2D eigenvalue weighted by Crippen LogP contribution is 2.55. The number of aliphatic hydroxyl groups excluding tert-OH is 2. The zero-order valence-electron chi connectivity index (χ0n) is 40.2. The first-order valence-electron chi connectivity index (χ1n) is 22.8. The molecule has 67 heavy (non-hydrogen) atoms. The Morgan fingerprint density at radius 2 is 1.57 bits per heavy atom. The van der Waals surface area contributed by atoms with Gasteiger partial charge in [-0.05, 0) is 39.3 Å². The first-order valence-corrected chi connectivity index (χ1v) is 22.8. The number of nitrogens with one attached hydrogen (secondary N) is 1. The fourth-order valence-electron chi connectivity index (χ4n) is 9.62. The number of esters is 1. The van der Waals surface area contributed by atoms with Crippen molar-refractivity contribution < 1.29 is 58.9 Å². The van der Waals surface area contributed by atoms with Crippen molar-refractivity contribution in [2.45, 2.75) is 118 Å². The van der Waals surface area contributed by atoms with Gasteiger partial charge in [0.15, 0.2) is 5.75 Å². The van der Waals surface area contributed by atoms with Crippen LogP contribution in [0.25, 0.3) is 10.8 Å². The van der Waals surface area contributed by atoms with Gasteiger partial charge in [-0.3, -0.25) is 24.3 Å². The van der Waals surface area contributed by atoms with E-state index < -0.39 is 88.8 Å². The molecule has 362 valence electrons. The molecule has 4 heterocycles. The van der Waals surface area contributed by atoms with Gasteiger partial charge in [0.25, 0.3) is 11.7 Å². The summed E-state index contributed by atoms with van der Waals surface area (Å²) in [6.07, 6.45) is 4.88. The van der Waals surface area contributed by atoms with Crippen LogP contribution in [-0.2, 0) is 30.3 Å². The Balaban J connectivity index is 1.49. The highest BCUT2D eigenvalue weighted by Gasteiger charge is 2.50. The number of anilines is 1. The molecule has 11 atom stereocenters. The maximum atomic E-state index is 14.6. The number of carbonyl (C=O) groups is 3. The maximum absolute atomic E-state index is 14.6. The number of hydrogen-bond acceptors (Lipinski definition) is 15. The van der Waals surface area contributed by atoms with Crippen LogP contribution in [0.2, 0.25) is 0 Å². The zero-order valence-corrected chi connectivity index (χ0v) is 40.2. The highest BCUT2D eigenvalue weighted by atomic mass is 16.7. The van der Waals surface area contributed by atoms with Crippen molar-refractivity contribution in [3.8, 4) is 23.0 Å². The third-order valence-electron chi connectivity index (χ3n) is 13.6. The lowest BCUT2D eigenvalue weighted by Crippen LogP contribution is -2.54. The third-order valence-corrected chi connectivity index (χ3v) is 13.6. The summed E-state index contributed by atoms with van der Waals surface area (Å²) in [5, 5.41) is 68.1. The van der Waals surface area contributed by atoms with Gasteiger partial charge in [-0.2, -0.15) is 5.10 Å². The number of methoxy groups -OCH3 is 1. The zero-order chi connectivity index (χ0) is 49.2. The van der Waals surface area contributed by atoms with Gasteiger partial charge in [-0.25, -0.2) is 0 Å². The molecule has 7 rings (SSSR count). The number of phenolic OH excluding ortho intramolecular Hbond substituents is 3. The second-order valence-electron chi connectivity index (χ2n) is 18.6. The molecule has 0 aromatic heterocycles. The number of ketones is 1. The molecule has 16 heteroatoms. The Morgan fingerprint density at radius 3 is 2.19 bits per heavy atom. The Kier molecular flexibility index (Phi) is 15.5. The van der Waals surface area contributed by atoms with E-state index in [9.17, 15) is 39.9 Å². The summed E-state index contributed by atoms with van der Waals surface area (Å²) in [7, 11) is 1.44. The number of aliphatic hydroxyl groups is 2. The van der Waals surface area contributed by atoms with Crippen LogP contribution in [0.5, 0.6) is 23.0 Å². The van der Waals surface area contributed by atoms with Gasteiger partial charge in [-0.1, -0.05) is 76.3 Å². The van der Waals surface area contributed by atoms with E-state index in [1.54, 1.807) is 39.8 Å². The Morgan fingerprint density at radius 1 is 0.910 bits per heavy atom. The number of rotatable bonds is 6. The molecule has 4 aliphatic rings. The van der Waals surface area contributed by atoms with E-state index in [0.29, 0.717) is 13.1 Å². The number of benzene rings is 3. The van der Waals surface area contributed by atoms with Crippen molar-refractivity contribution in [2.75, 3.05) is 25.5 Å². The summed E-state index contributed by atoms with van der Waals surface area (Å²) >= 11 is 0. The Hall–Kier alpha value is -5.94. The fraction of sp³-hybridized carbons (Fsp3) is 0.490. The van der Waals surface area contributed by atoms with Crippen LogP contribution in [0.1, 0.15) is 89.4 Å². The topological polar surface area (TPSA) is 220 Å². The van der Waals surface area contributed by atoms with Crippen LogP contribution in [0.3, 0.4) is 0 Å². The molecule has 1 fully saturated rings. The van der Waals surface area contributed by atoms with Gasteiger partial charge in [0, 0.05) is 80.8 Å². The van der Waals surface area contributed by atoms with Crippen molar-refractivity contribution in [1.29, 1.82) is 0 Å². The second-order valence-corrected chi connectivity index (χ2v) is 18.6. The second kappa shape index (κ2) is 20.5. The van der Waals surface area contributed by atoms with Crippen molar-refractivity contribution >= 4 is 40.3 Å². The minimum absolute atomic E-state index is 0.0500. The number of aromatic hydroxyl groups is 3. The third kappa shape index (κ3) is 10.2. The van der Waals surface area contributed by atoms with Crippen LogP contribution in [-0.4, -0.2) is 122 Å². The number of carbonyl (C=O) groups excluding carboxylic acids is 3. The molecular weight excluding hydrogens is 861 g/mol. The standard InChI is InChI=1S/C51H66N4O12/c1-26-16-15-17-27(2)50(63)53-41-36(22-52-55-28(3)23-54(24-29(55)4)25-35-18-13-12-14-19-35)45(60)38-39(46(41)61)44(59)33(8)48-40(38)49(62)51(10,67-48)65-21-20-37(64-11)30(5)47(66-34(9)56)32(7)43(58)31(6)42(26)57/h12-22,26,28-32,37,42-43,47,57-61H,23-25H2,1-11H3,(H,53,63)/b16-15+,21-20+,27-17-,52-22+/t26-,28?,29?,30-,31-,32-,37+,42+,43-,47-,51+/m1/s1. The lowest BCUT2D eigenvalue weighted by Gasteiger charge is -2.42. The minimum atomic E-state index is -2.07. The molecule has 0 spiro atoms. The number of Topliss-reactive ketones (excluding diaryl/α,β-unsaturated/α-hetero) is 1. The van der Waals surface area contributed by atoms with E-state index in [-0.39, 0.29) is 56.6 Å². The number of ether oxygens (including phenoxy) is 4. The summed E-state index contributed by atoms with van der Waals surface area (Å²) < 4.78 is 23.8. The SMILES string of the molecule is CO[C@H]1/C=C/O[C@@]2(C)Oc3c(C)c(O)c4c(O)c(c(/C=N/N5C(C)CN(Cc6ccccc6)CC5C)c(O)c4c3C2=O)NC(=O)/C(C)=C\C=C\[C@@H](C)[C@H](O)[C@@H](C)[C@@H](O)[C@@H](C)[C@H](OC(C)=O)[C@@H]1C. The predicted molar refractivity (Wildman–Crippen MR) is 254 cm³/mol. The molecule has 1 saturated heterocycles. The first-order chi connectivity index (χ1) is 31.6. The van der Waals surface area contributed by atoms with E-state index in [1.165, 1.54) is 65.0 Å². The normalized spacial score (nSPS) is 31.8. The average molecular weight is 927 g/mol. The van der Waals surface area contributed by atoms with Gasteiger partial charge in [-0.15, -0.1) is 0 Å². The van der Waals surface area contributed by atoms with Crippen molar-refractivity contribution in [1.82, 2.24) is 9.91 Å². The molecular formula is C51H66N4O12. The van der Waals surface area contributed by atoms with Gasteiger partial charge >= 0.3 is 11.8 Å². The van der Waals surface area contributed by atoms with Gasteiger partial charge in [0.2, 0.25) is 0 Å². The number of allylic oxidation sites excluding steroid dienone is 2. The molecule has 6 N–H and O–H groups in total. The summed E-state index contributed by atoms with van der Waals surface area (Å²) in [5.41, 5.74) is 0.785. The molecule has 1 amide bonds. The Bertz CT molecular complexity index is 2460. The first kappa shape index (κ1) is 50.5. The molecule has 0 saturated carbocycles. The molecule has 0 radical (unpaired) electrons. The van der Waals surface area contributed by atoms with Crippen molar-refractivity contribution in [2.24, 2.45) is 28.8 Å². The molecule has 5 bridgehead atoms. The summed E-state index contributed by atoms with van der Waals surface area (Å²) in [6, 6.07) is 9.93. The lowest BCUT2D eigenvalue weighted by molar-refractivity contribution is -0.160. The van der Waals surface area contributed by atoms with E-state index in [1.807, 2.05) is 37.1 Å². The number of hydrazone groups is 1. The largest absolute Gasteiger partial charge is 0.507 e. The van der Waals surface area contributed by atoms with Crippen LogP contribution in [0.4, 0.5) is 5.69 Å². The highest BCUT2D eigenvalue weighted by molar-refractivity contribution is 6.23. The fourth-order valence-corrected chi connectivity index (χ4v) is 9.62. The van der Waals surface area contributed by atoms with Gasteiger partial charge in [0.05, 0.1) is 65.1 Å².